The Balaban J connectivity index is 1.87. The number of aliphatic hydroxyl groups excluding tert-OH is 1. The maximum Gasteiger partial charge on any atom is 0.241 e. The summed E-state index contributed by atoms with van der Waals surface area (Å²) in [6.07, 6.45) is -0.271. The van der Waals surface area contributed by atoms with E-state index in [9.17, 15) is 13.5 Å². The minimum Gasteiger partial charge on any atom is -0.391 e. The number of nitrogens with one attached hydrogen (secondary N) is 1. The molecule has 3 rings (SSSR count). The largest absolute Gasteiger partial charge is 0.391 e. The van der Waals surface area contributed by atoms with E-state index in [1.54, 1.807) is 12.1 Å². The first-order valence-electron chi connectivity index (χ1n) is 7.76. The zero-order valence-electron chi connectivity index (χ0n) is 13.2. The number of rotatable bonds is 4. The smallest absolute Gasteiger partial charge is 0.241 e. The van der Waals surface area contributed by atoms with Gasteiger partial charge in [0.05, 0.1) is 17.0 Å². The quantitative estimate of drug-likeness (QED) is 0.905. The molecule has 2 aromatic rings. The van der Waals surface area contributed by atoms with Crippen LogP contribution in [0.15, 0.2) is 53.4 Å². The standard InChI is InChI=1S/C18H21NO3S/c1-12(2)13-7-9-15(10-8-13)23(21,22)19-18-16-6-4-3-5-14(16)11-17(18)20/h3-10,12,17-20H,11H2,1-2H3. The van der Waals surface area contributed by atoms with E-state index in [0.717, 1.165) is 16.7 Å². The van der Waals surface area contributed by atoms with Crippen LogP contribution in [0.5, 0.6) is 0 Å². The van der Waals surface area contributed by atoms with E-state index in [1.165, 1.54) is 0 Å². The lowest BCUT2D eigenvalue weighted by Gasteiger charge is -2.18. The molecule has 0 aliphatic heterocycles. The molecule has 2 aromatic carbocycles. The number of aliphatic hydroxyl groups is 1. The van der Waals surface area contributed by atoms with Gasteiger partial charge < -0.3 is 5.11 Å². The maximum atomic E-state index is 12.6. The fourth-order valence-corrected chi connectivity index (χ4v) is 4.23. The highest BCUT2D eigenvalue weighted by molar-refractivity contribution is 7.89. The minimum absolute atomic E-state index is 0.221. The average Bonchev–Trinajstić information content (AvgIpc) is 2.83. The summed E-state index contributed by atoms with van der Waals surface area (Å²) in [4.78, 5) is 0.221. The van der Waals surface area contributed by atoms with E-state index in [1.807, 2.05) is 36.4 Å². The van der Waals surface area contributed by atoms with Gasteiger partial charge in [-0.05, 0) is 34.7 Å². The second-order valence-corrected chi connectivity index (χ2v) is 8.01. The van der Waals surface area contributed by atoms with Gasteiger partial charge in [0, 0.05) is 6.42 Å². The minimum atomic E-state index is -3.67. The van der Waals surface area contributed by atoms with Crippen molar-refractivity contribution in [3.8, 4) is 0 Å². The van der Waals surface area contributed by atoms with E-state index in [2.05, 4.69) is 18.6 Å². The van der Waals surface area contributed by atoms with Gasteiger partial charge >= 0.3 is 0 Å². The highest BCUT2D eigenvalue weighted by atomic mass is 32.2. The van der Waals surface area contributed by atoms with Crippen LogP contribution >= 0.6 is 0 Å². The van der Waals surface area contributed by atoms with Crippen molar-refractivity contribution in [2.75, 3.05) is 0 Å². The third kappa shape index (κ3) is 3.17. The lowest BCUT2D eigenvalue weighted by Crippen LogP contribution is -2.33. The Morgan fingerprint density at radius 3 is 2.39 bits per heavy atom. The Hall–Kier alpha value is -1.69. The molecule has 23 heavy (non-hydrogen) atoms. The van der Waals surface area contributed by atoms with E-state index in [4.69, 9.17) is 0 Å². The molecular formula is C18H21NO3S. The van der Waals surface area contributed by atoms with Crippen LogP contribution in [-0.2, 0) is 16.4 Å². The Kier molecular flexibility index (Phi) is 4.27. The van der Waals surface area contributed by atoms with Crippen molar-refractivity contribution in [3.05, 3.63) is 65.2 Å². The molecule has 0 radical (unpaired) electrons. The lowest BCUT2D eigenvalue weighted by molar-refractivity contribution is 0.151. The molecule has 122 valence electrons. The predicted octanol–water partition coefficient (Wildman–Crippen LogP) is 2.75. The van der Waals surface area contributed by atoms with Crippen LogP contribution in [0.2, 0.25) is 0 Å². The summed E-state index contributed by atoms with van der Waals surface area (Å²) in [5, 5.41) is 10.2. The molecule has 5 heteroatoms. The molecule has 0 amide bonds. The fraction of sp³-hybridized carbons (Fsp3) is 0.333. The first-order chi connectivity index (χ1) is 10.9. The number of benzene rings is 2. The molecule has 0 bridgehead atoms. The summed E-state index contributed by atoms with van der Waals surface area (Å²) >= 11 is 0. The highest BCUT2D eigenvalue weighted by Gasteiger charge is 2.34. The zero-order valence-corrected chi connectivity index (χ0v) is 14.0. The van der Waals surface area contributed by atoms with E-state index in [-0.39, 0.29) is 4.90 Å². The van der Waals surface area contributed by atoms with Crippen LogP contribution in [0.25, 0.3) is 0 Å². The van der Waals surface area contributed by atoms with Gasteiger partial charge in [0.2, 0.25) is 10.0 Å². The Morgan fingerprint density at radius 2 is 1.74 bits per heavy atom. The summed E-state index contributed by atoms with van der Waals surface area (Å²) in [5.41, 5.74) is 2.93. The Morgan fingerprint density at radius 1 is 1.09 bits per heavy atom. The van der Waals surface area contributed by atoms with Crippen LogP contribution in [0.4, 0.5) is 0 Å². The van der Waals surface area contributed by atoms with E-state index in [0.29, 0.717) is 12.3 Å². The van der Waals surface area contributed by atoms with Crippen LogP contribution in [-0.4, -0.2) is 19.6 Å². The van der Waals surface area contributed by atoms with Gasteiger partial charge in [0.1, 0.15) is 0 Å². The molecule has 1 aliphatic carbocycles. The lowest BCUT2D eigenvalue weighted by atomic mass is 10.0. The monoisotopic (exact) mass is 331 g/mol. The Bertz CT molecular complexity index is 797. The second kappa shape index (κ2) is 6.07. The van der Waals surface area contributed by atoms with E-state index < -0.39 is 22.2 Å². The number of hydrogen-bond acceptors (Lipinski definition) is 3. The molecule has 0 heterocycles. The highest BCUT2D eigenvalue weighted by Crippen LogP contribution is 2.32. The molecule has 0 spiro atoms. The molecule has 0 aromatic heterocycles. The van der Waals surface area contributed by atoms with Crippen molar-refractivity contribution in [3.63, 3.8) is 0 Å². The molecule has 2 N–H and O–H groups in total. The van der Waals surface area contributed by atoms with Crippen molar-refractivity contribution < 1.29 is 13.5 Å². The molecule has 0 saturated heterocycles. The van der Waals surface area contributed by atoms with Crippen molar-refractivity contribution in [1.82, 2.24) is 4.72 Å². The van der Waals surface area contributed by atoms with Gasteiger partial charge in [0.15, 0.2) is 0 Å². The van der Waals surface area contributed by atoms with Gasteiger partial charge in [-0.15, -0.1) is 0 Å². The third-order valence-electron chi connectivity index (χ3n) is 4.34. The summed E-state index contributed by atoms with van der Waals surface area (Å²) in [7, 11) is -3.67. The first-order valence-corrected chi connectivity index (χ1v) is 9.25. The number of sulfonamides is 1. The molecular weight excluding hydrogens is 310 g/mol. The number of hydrogen-bond donors (Lipinski definition) is 2. The van der Waals surface area contributed by atoms with Crippen LogP contribution in [0, 0.1) is 0 Å². The molecule has 2 atom stereocenters. The third-order valence-corrected chi connectivity index (χ3v) is 5.80. The van der Waals surface area contributed by atoms with Crippen molar-refractivity contribution in [2.45, 2.75) is 43.2 Å². The molecule has 0 saturated carbocycles. The van der Waals surface area contributed by atoms with Crippen molar-refractivity contribution in [1.29, 1.82) is 0 Å². The SMILES string of the molecule is CC(C)c1ccc(S(=O)(=O)NC2c3ccccc3CC2O)cc1. The summed E-state index contributed by atoms with van der Waals surface area (Å²) in [6, 6.07) is 13.8. The first kappa shape index (κ1) is 16.2. The van der Waals surface area contributed by atoms with Gasteiger partial charge in [-0.25, -0.2) is 13.1 Å². The van der Waals surface area contributed by atoms with Crippen LogP contribution in [0.1, 0.15) is 42.5 Å². The van der Waals surface area contributed by atoms with Gasteiger partial charge in [-0.2, -0.15) is 0 Å². The molecule has 4 nitrogen and oxygen atoms in total. The van der Waals surface area contributed by atoms with Gasteiger partial charge in [-0.3, -0.25) is 0 Å². The predicted molar refractivity (Wildman–Crippen MR) is 89.7 cm³/mol. The van der Waals surface area contributed by atoms with E-state index >= 15 is 0 Å². The normalized spacial score (nSPS) is 20.7. The van der Waals surface area contributed by atoms with Crippen molar-refractivity contribution >= 4 is 10.0 Å². The molecule has 0 fully saturated rings. The van der Waals surface area contributed by atoms with Gasteiger partial charge in [-0.1, -0.05) is 50.2 Å². The fourth-order valence-electron chi connectivity index (χ4n) is 2.98. The molecule has 2 unspecified atom stereocenters. The average molecular weight is 331 g/mol. The summed E-state index contributed by atoms with van der Waals surface area (Å²) < 4.78 is 27.9. The topological polar surface area (TPSA) is 66.4 Å². The number of fused-ring (bicyclic) bond motifs is 1. The van der Waals surface area contributed by atoms with Gasteiger partial charge in [0.25, 0.3) is 0 Å². The second-order valence-electron chi connectivity index (χ2n) is 6.29. The molecule has 1 aliphatic rings. The Labute approximate surface area is 137 Å². The summed E-state index contributed by atoms with van der Waals surface area (Å²) in [5.74, 6) is 0.350. The van der Waals surface area contributed by atoms with Crippen molar-refractivity contribution in [2.24, 2.45) is 0 Å². The summed E-state index contributed by atoms with van der Waals surface area (Å²) in [6.45, 7) is 4.13. The van der Waals surface area contributed by atoms with Crippen LogP contribution < -0.4 is 4.72 Å². The zero-order chi connectivity index (χ0) is 16.6. The maximum absolute atomic E-state index is 12.6. The van der Waals surface area contributed by atoms with Crippen LogP contribution in [0.3, 0.4) is 0 Å².